The topological polar surface area (TPSA) is 76.7 Å². The van der Waals surface area contributed by atoms with Crippen molar-refractivity contribution >= 4 is 11.6 Å². The summed E-state index contributed by atoms with van der Waals surface area (Å²) in [5, 5.41) is 13.8. The van der Waals surface area contributed by atoms with Crippen molar-refractivity contribution in [3.05, 3.63) is 23.7 Å². The molecule has 16 heavy (non-hydrogen) atoms. The van der Waals surface area contributed by atoms with Gasteiger partial charge in [-0.15, -0.1) is 0 Å². The monoisotopic (exact) mass is 221 g/mol. The van der Waals surface area contributed by atoms with Gasteiger partial charge in [0.2, 0.25) is 0 Å². The van der Waals surface area contributed by atoms with Crippen molar-refractivity contribution in [2.75, 3.05) is 6.61 Å². The highest BCUT2D eigenvalue weighted by atomic mass is 16.5. The molecule has 0 aromatic carbocycles. The van der Waals surface area contributed by atoms with Gasteiger partial charge in [0.25, 0.3) is 0 Å². The molecule has 2 rings (SSSR count). The van der Waals surface area contributed by atoms with Gasteiger partial charge in [-0.2, -0.15) is 5.10 Å². The average Bonchev–Trinajstić information content (AvgIpc) is 2.60. The molecule has 0 radical (unpaired) electrons. The van der Waals surface area contributed by atoms with Gasteiger partial charge < -0.3 is 9.84 Å². The van der Waals surface area contributed by atoms with Crippen molar-refractivity contribution in [2.24, 2.45) is 0 Å². The summed E-state index contributed by atoms with van der Waals surface area (Å²) in [6.07, 6.45) is 2.92. The Hall–Kier alpha value is -2.11. The van der Waals surface area contributed by atoms with Crippen LogP contribution in [0.1, 0.15) is 23.0 Å². The third-order valence-corrected chi connectivity index (χ3v) is 2.08. The van der Waals surface area contributed by atoms with Crippen molar-refractivity contribution in [3.63, 3.8) is 0 Å². The van der Waals surface area contributed by atoms with Crippen molar-refractivity contribution in [2.45, 2.75) is 13.8 Å². The molecule has 0 fully saturated rings. The Kier molecular flexibility index (Phi) is 2.47. The first-order chi connectivity index (χ1) is 7.63. The lowest BCUT2D eigenvalue weighted by molar-refractivity contribution is 0.0522. The molecule has 2 heterocycles. The maximum atomic E-state index is 11.5. The number of fused-ring (bicyclic) bond motifs is 1. The molecule has 6 nitrogen and oxygen atoms in total. The second-order valence-corrected chi connectivity index (χ2v) is 3.28. The van der Waals surface area contributed by atoms with Crippen LogP contribution in [0.25, 0.3) is 5.65 Å². The van der Waals surface area contributed by atoms with Crippen LogP contribution in [0.4, 0.5) is 0 Å². The van der Waals surface area contributed by atoms with Gasteiger partial charge in [-0.05, 0) is 13.8 Å². The molecule has 0 atom stereocenters. The number of hydrogen-bond donors (Lipinski definition) is 1. The summed E-state index contributed by atoms with van der Waals surface area (Å²) >= 11 is 0. The molecule has 2 aromatic heterocycles. The zero-order valence-corrected chi connectivity index (χ0v) is 8.97. The number of carbonyl (C=O) groups excluding carboxylic acids is 1. The molecule has 0 saturated heterocycles. The van der Waals surface area contributed by atoms with E-state index in [9.17, 15) is 9.90 Å². The molecular weight excluding hydrogens is 210 g/mol. The van der Waals surface area contributed by atoms with E-state index in [1.165, 1.54) is 10.7 Å². The van der Waals surface area contributed by atoms with Crippen LogP contribution >= 0.6 is 0 Å². The van der Waals surface area contributed by atoms with E-state index in [0.29, 0.717) is 5.69 Å². The third kappa shape index (κ3) is 1.58. The summed E-state index contributed by atoms with van der Waals surface area (Å²) in [5.41, 5.74) is 0.992. The number of aryl methyl sites for hydroxylation is 1. The molecule has 0 saturated carbocycles. The van der Waals surface area contributed by atoms with Gasteiger partial charge in [-0.25, -0.2) is 14.3 Å². The van der Waals surface area contributed by atoms with E-state index in [4.69, 9.17) is 4.74 Å². The largest absolute Gasteiger partial charge is 0.504 e. The minimum absolute atomic E-state index is 0.0277. The van der Waals surface area contributed by atoms with E-state index in [-0.39, 0.29) is 23.6 Å². The standard InChI is InChI=1S/C10H11N3O3/c1-3-16-10(15)7-4-11-13-5-6(2)12-9(13)8(7)14/h4-5,14H,3H2,1-2H3. The number of imidazole rings is 1. The molecule has 0 aliphatic heterocycles. The molecule has 2 aromatic rings. The number of ether oxygens (including phenoxy) is 1. The maximum absolute atomic E-state index is 11.5. The lowest BCUT2D eigenvalue weighted by Crippen LogP contribution is -2.07. The molecule has 0 spiro atoms. The predicted molar refractivity (Wildman–Crippen MR) is 55.3 cm³/mol. The molecule has 0 aliphatic rings. The van der Waals surface area contributed by atoms with Gasteiger partial charge >= 0.3 is 5.97 Å². The summed E-state index contributed by atoms with van der Waals surface area (Å²) < 4.78 is 6.20. The van der Waals surface area contributed by atoms with E-state index in [1.54, 1.807) is 20.0 Å². The van der Waals surface area contributed by atoms with Crippen molar-refractivity contribution in [1.82, 2.24) is 14.6 Å². The Morgan fingerprint density at radius 1 is 1.62 bits per heavy atom. The quantitative estimate of drug-likeness (QED) is 0.763. The second-order valence-electron chi connectivity index (χ2n) is 3.28. The van der Waals surface area contributed by atoms with Gasteiger partial charge in [0.05, 0.1) is 24.7 Å². The molecule has 6 heteroatoms. The van der Waals surface area contributed by atoms with E-state index in [1.807, 2.05) is 0 Å². The van der Waals surface area contributed by atoms with E-state index in [0.717, 1.165) is 0 Å². The number of hydrogen-bond acceptors (Lipinski definition) is 5. The van der Waals surface area contributed by atoms with E-state index in [2.05, 4.69) is 10.1 Å². The minimum atomic E-state index is -0.601. The number of rotatable bonds is 2. The lowest BCUT2D eigenvalue weighted by atomic mass is 10.3. The normalized spacial score (nSPS) is 10.6. The van der Waals surface area contributed by atoms with Crippen LogP contribution in [0, 0.1) is 6.92 Å². The van der Waals surface area contributed by atoms with Gasteiger partial charge in [-0.3, -0.25) is 0 Å². The Bertz CT molecular complexity index is 547. The fraction of sp³-hybridized carbons (Fsp3) is 0.300. The lowest BCUT2D eigenvalue weighted by Gasteiger charge is -2.04. The van der Waals surface area contributed by atoms with Crippen molar-refractivity contribution in [1.29, 1.82) is 0 Å². The highest BCUT2D eigenvalue weighted by Crippen LogP contribution is 2.22. The number of esters is 1. The van der Waals surface area contributed by atoms with Gasteiger partial charge in [-0.1, -0.05) is 0 Å². The number of aromatic hydroxyl groups is 1. The Morgan fingerprint density at radius 2 is 2.38 bits per heavy atom. The van der Waals surface area contributed by atoms with Crippen LogP contribution in [0.5, 0.6) is 5.75 Å². The Balaban J connectivity index is 2.55. The zero-order valence-electron chi connectivity index (χ0n) is 8.97. The Labute approximate surface area is 91.5 Å². The molecule has 0 unspecified atom stereocenters. The highest BCUT2D eigenvalue weighted by Gasteiger charge is 2.17. The van der Waals surface area contributed by atoms with Crippen molar-refractivity contribution < 1.29 is 14.6 Å². The number of aromatic nitrogens is 3. The zero-order chi connectivity index (χ0) is 11.7. The summed E-state index contributed by atoms with van der Waals surface area (Å²) in [4.78, 5) is 15.5. The van der Waals surface area contributed by atoms with Crippen molar-refractivity contribution in [3.8, 4) is 5.75 Å². The predicted octanol–water partition coefficient (Wildman–Crippen LogP) is 0.920. The summed E-state index contributed by atoms with van der Waals surface area (Å²) in [6.45, 7) is 3.72. The first-order valence-corrected chi connectivity index (χ1v) is 4.84. The summed E-state index contributed by atoms with van der Waals surface area (Å²) in [7, 11) is 0. The third-order valence-electron chi connectivity index (χ3n) is 2.08. The van der Waals surface area contributed by atoms with Crippen LogP contribution < -0.4 is 0 Å². The van der Waals surface area contributed by atoms with Gasteiger partial charge in [0, 0.05) is 0 Å². The molecule has 84 valence electrons. The smallest absolute Gasteiger partial charge is 0.343 e. The molecule has 0 aliphatic carbocycles. The maximum Gasteiger partial charge on any atom is 0.343 e. The fourth-order valence-corrected chi connectivity index (χ4v) is 1.39. The van der Waals surface area contributed by atoms with Crippen LogP contribution in [-0.4, -0.2) is 32.3 Å². The van der Waals surface area contributed by atoms with E-state index < -0.39 is 5.97 Å². The van der Waals surface area contributed by atoms with Crippen LogP contribution in [-0.2, 0) is 4.74 Å². The summed E-state index contributed by atoms with van der Waals surface area (Å²) in [6, 6.07) is 0. The molecule has 1 N–H and O–H groups in total. The number of carbonyl (C=O) groups is 1. The fourth-order valence-electron chi connectivity index (χ4n) is 1.39. The first kappa shape index (κ1) is 10.4. The SMILES string of the molecule is CCOC(=O)c1cnn2cc(C)nc2c1O. The molecule has 0 bridgehead atoms. The van der Waals surface area contributed by atoms with Gasteiger partial charge in [0.1, 0.15) is 5.56 Å². The molecule has 0 amide bonds. The van der Waals surface area contributed by atoms with Crippen LogP contribution in [0.15, 0.2) is 12.4 Å². The minimum Gasteiger partial charge on any atom is -0.504 e. The second kappa shape index (κ2) is 3.80. The van der Waals surface area contributed by atoms with E-state index >= 15 is 0 Å². The first-order valence-electron chi connectivity index (χ1n) is 4.84. The van der Waals surface area contributed by atoms with Crippen LogP contribution in [0.3, 0.4) is 0 Å². The average molecular weight is 221 g/mol. The Morgan fingerprint density at radius 3 is 3.06 bits per heavy atom. The highest BCUT2D eigenvalue weighted by molar-refractivity contribution is 5.94. The van der Waals surface area contributed by atoms with Gasteiger partial charge in [0.15, 0.2) is 11.4 Å². The van der Waals surface area contributed by atoms with Crippen LogP contribution in [0.2, 0.25) is 0 Å². The summed E-state index contributed by atoms with van der Waals surface area (Å²) in [5.74, 6) is -0.808. The molecular formula is C10H11N3O3. The number of nitrogens with zero attached hydrogens (tertiary/aromatic N) is 3.